The maximum absolute atomic E-state index is 12.9. The summed E-state index contributed by atoms with van der Waals surface area (Å²) in [6.07, 6.45) is 0.738. The fraction of sp³-hybridized carbons (Fsp3) is 0.156. The second-order valence-corrected chi connectivity index (χ2v) is 12.1. The molecule has 12 heteroatoms. The quantitative estimate of drug-likeness (QED) is 0.165. The van der Waals surface area contributed by atoms with Gasteiger partial charge in [0.1, 0.15) is 11.1 Å². The van der Waals surface area contributed by atoms with Crippen LogP contribution in [0.1, 0.15) is 52.6 Å². The molecular weight excluding hydrogens is 601 g/mol. The van der Waals surface area contributed by atoms with Gasteiger partial charge >= 0.3 is 11.9 Å². The molecule has 44 heavy (non-hydrogen) atoms. The third kappa shape index (κ3) is 7.15. The Kier molecular flexibility index (Phi) is 9.40. The number of nitrogens with one attached hydrogen (secondary N) is 2. The van der Waals surface area contributed by atoms with Crippen molar-refractivity contribution < 1.29 is 29.4 Å². The van der Waals surface area contributed by atoms with Gasteiger partial charge < -0.3 is 20.8 Å². The number of thiophene rings is 1. The summed E-state index contributed by atoms with van der Waals surface area (Å²) in [6.45, 7) is 2.36. The summed E-state index contributed by atoms with van der Waals surface area (Å²) in [6, 6.07) is 22.4. The Morgan fingerprint density at radius 1 is 0.932 bits per heavy atom. The van der Waals surface area contributed by atoms with Crippen molar-refractivity contribution >= 4 is 57.5 Å². The summed E-state index contributed by atoms with van der Waals surface area (Å²) in [7, 11) is 0. The van der Waals surface area contributed by atoms with Gasteiger partial charge in [0.25, 0.3) is 5.91 Å². The number of aromatic carboxylic acids is 2. The third-order valence-corrected chi connectivity index (χ3v) is 9.08. The Hall–Kier alpha value is -4.96. The first-order valence-corrected chi connectivity index (χ1v) is 15.3. The summed E-state index contributed by atoms with van der Waals surface area (Å²) in [5, 5.41) is 34.5. The molecule has 0 atom stereocenters. The van der Waals surface area contributed by atoms with Crippen molar-refractivity contribution in [3.05, 3.63) is 111 Å². The topological polar surface area (TPSA) is 160 Å². The van der Waals surface area contributed by atoms with E-state index in [0.29, 0.717) is 27.7 Å². The summed E-state index contributed by atoms with van der Waals surface area (Å²) in [4.78, 5) is 52.7. The molecule has 1 aromatic heterocycles. The van der Waals surface area contributed by atoms with Gasteiger partial charge in [-0.1, -0.05) is 36.4 Å². The highest BCUT2D eigenvalue weighted by molar-refractivity contribution is 8.00. The molecule has 2 heterocycles. The van der Waals surface area contributed by atoms with E-state index in [1.165, 1.54) is 28.7 Å². The second kappa shape index (κ2) is 13.6. The van der Waals surface area contributed by atoms with Crippen LogP contribution in [0, 0.1) is 11.3 Å². The molecule has 0 spiro atoms. The van der Waals surface area contributed by atoms with E-state index >= 15 is 0 Å². The van der Waals surface area contributed by atoms with E-state index in [2.05, 4.69) is 33.7 Å². The predicted molar refractivity (Wildman–Crippen MR) is 167 cm³/mol. The van der Waals surface area contributed by atoms with Crippen molar-refractivity contribution in [3.63, 3.8) is 0 Å². The number of carboxylic acids is 2. The monoisotopic (exact) mass is 626 g/mol. The molecule has 4 aromatic rings. The van der Waals surface area contributed by atoms with Crippen LogP contribution in [0.15, 0.2) is 77.7 Å². The minimum absolute atomic E-state index is 0.0603. The van der Waals surface area contributed by atoms with Crippen LogP contribution >= 0.6 is 23.1 Å². The molecule has 222 valence electrons. The van der Waals surface area contributed by atoms with Gasteiger partial charge in [0.05, 0.1) is 28.0 Å². The lowest BCUT2D eigenvalue weighted by Gasteiger charge is -2.26. The van der Waals surface area contributed by atoms with Gasteiger partial charge in [-0.3, -0.25) is 14.5 Å². The van der Waals surface area contributed by atoms with Crippen molar-refractivity contribution in [2.75, 3.05) is 22.9 Å². The van der Waals surface area contributed by atoms with Crippen LogP contribution in [0.2, 0.25) is 0 Å². The molecule has 0 fully saturated rings. The lowest BCUT2D eigenvalue weighted by molar-refractivity contribution is -0.113. The van der Waals surface area contributed by atoms with E-state index in [0.717, 1.165) is 48.2 Å². The van der Waals surface area contributed by atoms with Crippen LogP contribution in [0.3, 0.4) is 0 Å². The maximum atomic E-state index is 12.9. The Labute approximate surface area is 260 Å². The van der Waals surface area contributed by atoms with E-state index in [-0.39, 0.29) is 22.8 Å². The standard InChI is InChI=1S/C32H26N4O6S2/c33-15-26-23-11-12-36(16-19-5-2-1-3-6-19)17-27(23)44-30(26)35-28(37)18-43-22-8-4-7-21(14-22)34-29(38)24-10-9-20(31(39)40)13-25(24)32(41)42/h1-10,13-14H,11-12,16-18H2,(H,34,38)(H,35,37)(H,39,40)(H,41,42). The van der Waals surface area contributed by atoms with Crippen LogP contribution in [-0.2, 0) is 24.3 Å². The van der Waals surface area contributed by atoms with E-state index < -0.39 is 23.4 Å². The van der Waals surface area contributed by atoms with Gasteiger partial charge in [-0.25, -0.2) is 9.59 Å². The number of amides is 2. The zero-order valence-corrected chi connectivity index (χ0v) is 24.8. The molecule has 0 radical (unpaired) electrons. The van der Waals surface area contributed by atoms with Crippen LogP contribution in [-0.4, -0.2) is 51.2 Å². The predicted octanol–water partition coefficient (Wildman–Crippen LogP) is 5.56. The first-order valence-electron chi connectivity index (χ1n) is 13.5. The molecule has 4 N–H and O–H groups in total. The average molecular weight is 627 g/mol. The van der Waals surface area contributed by atoms with Gasteiger partial charge in [0.15, 0.2) is 0 Å². The molecular formula is C32H26N4O6S2. The summed E-state index contributed by atoms with van der Waals surface area (Å²) >= 11 is 2.68. The minimum Gasteiger partial charge on any atom is -0.478 e. The van der Waals surface area contributed by atoms with Crippen molar-refractivity contribution in [1.29, 1.82) is 5.26 Å². The van der Waals surface area contributed by atoms with E-state index in [1.54, 1.807) is 24.3 Å². The number of fused-ring (bicyclic) bond motifs is 1. The first kappa shape index (κ1) is 30.5. The van der Waals surface area contributed by atoms with Crippen LogP contribution in [0.4, 0.5) is 10.7 Å². The van der Waals surface area contributed by atoms with E-state index in [9.17, 15) is 29.5 Å². The molecule has 0 bridgehead atoms. The molecule has 1 aliphatic heterocycles. The van der Waals surface area contributed by atoms with Crippen LogP contribution < -0.4 is 10.6 Å². The number of benzene rings is 3. The largest absolute Gasteiger partial charge is 0.478 e. The Morgan fingerprint density at radius 3 is 2.45 bits per heavy atom. The number of rotatable bonds is 10. The summed E-state index contributed by atoms with van der Waals surface area (Å²) in [5.74, 6) is -3.66. The summed E-state index contributed by atoms with van der Waals surface area (Å²) < 4.78 is 0. The molecule has 1 aliphatic rings. The van der Waals surface area contributed by atoms with Crippen molar-refractivity contribution in [3.8, 4) is 6.07 Å². The fourth-order valence-corrected chi connectivity index (χ4v) is 6.88. The van der Waals surface area contributed by atoms with Gasteiger partial charge in [0, 0.05) is 35.1 Å². The highest BCUT2D eigenvalue weighted by atomic mass is 32.2. The molecule has 2 amide bonds. The number of hydrogen-bond donors (Lipinski definition) is 4. The number of carboxylic acid groups (broad SMARTS) is 2. The molecule has 0 aliphatic carbocycles. The molecule has 5 rings (SSSR count). The SMILES string of the molecule is N#Cc1c(NC(=O)CSc2cccc(NC(=O)c3ccc(C(=O)O)cc3C(=O)O)c2)sc2c1CCN(Cc1ccccc1)C2. The normalized spacial score (nSPS) is 12.5. The zero-order valence-electron chi connectivity index (χ0n) is 23.2. The van der Waals surface area contributed by atoms with E-state index in [1.807, 2.05) is 18.2 Å². The van der Waals surface area contributed by atoms with E-state index in [4.69, 9.17) is 5.11 Å². The number of nitrogens with zero attached hydrogens (tertiary/aromatic N) is 2. The Balaban J connectivity index is 1.20. The summed E-state index contributed by atoms with van der Waals surface area (Å²) in [5.41, 5.74) is 2.25. The fourth-order valence-electron chi connectivity index (χ4n) is 4.87. The van der Waals surface area contributed by atoms with Crippen molar-refractivity contribution in [2.45, 2.75) is 24.4 Å². The lowest BCUT2D eigenvalue weighted by Crippen LogP contribution is -2.29. The molecule has 10 nitrogen and oxygen atoms in total. The average Bonchev–Trinajstić information content (AvgIpc) is 3.36. The lowest BCUT2D eigenvalue weighted by atomic mass is 10.0. The Bertz CT molecular complexity index is 1800. The van der Waals surface area contributed by atoms with Gasteiger partial charge in [-0.2, -0.15) is 5.26 Å². The number of thioether (sulfide) groups is 1. The molecule has 0 unspecified atom stereocenters. The maximum Gasteiger partial charge on any atom is 0.336 e. The van der Waals surface area contributed by atoms with Gasteiger partial charge in [0.2, 0.25) is 5.91 Å². The van der Waals surface area contributed by atoms with Crippen molar-refractivity contribution in [1.82, 2.24) is 4.90 Å². The smallest absolute Gasteiger partial charge is 0.336 e. The molecule has 0 saturated carbocycles. The molecule has 0 saturated heterocycles. The highest BCUT2D eigenvalue weighted by Gasteiger charge is 2.25. The Morgan fingerprint density at radius 2 is 1.73 bits per heavy atom. The highest BCUT2D eigenvalue weighted by Crippen LogP contribution is 2.37. The number of anilines is 2. The van der Waals surface area contributed by atoms with Crippen molar-refractivity contribution in [2.24, 2.45) is 0 Å². The minimum atomic E-state index is -1.43. The van der Waals surface area contributed by atoms with Crippen LogP contribution in [0.5, 0.6) is 0 Å². The van der Waals surface area contributed by atoms with Gasteiger partial charge in [-0.15, -0.1) is 23.1 Å². The number of carbonyl (C=O) groups excluding carboxylic acids is 2. The van der Waals surface area contributed by atoms with Gasteiger partial charge in [-0.05, 0) is 53.9 Å². The van der Waals surface area contributed by atoms with Crippen LogP contribution in [0.25, 0.3) is 0 Å². The first-order chi connectivity index (χ1) is 21.2. The number of carbonyl (C=O) groups is 4. The molecule has 3 aromatic carbocycles. The zero-order chi connectivity index (χ0) is 31.2. The number of hydrogen-bond acceptors (Lipinski definition) is 8. The second-order valence-electron chi connectivity index (χ2n) is 9.96. The number of nitriles is 1. The third-order valence-electron chi connectivity index (χ3n) is 6.95.